The summed E-state index contributed by atoms with van der Waals surface area (Å²) in [6.45, 7) is 4.57. The van der Waals surface area contributed by atoms with E-state index in [1.165, 1.54) is 0 Å². The average Bonchev–Trinajstić information content (AvgIpc) is 3.27. The lowest BCUT2D eigenvalue weighted by Gasteiger charge is -2.15. The molecule has 2 heterocycles. The summed E-state index contributed by atoms with van der Waals surface area (Å²) in [5.74, 6) is 1.41. The number of ether oxygens (including phenoxy) is 1. The highest BCUT2D eigenvalue weighted by atomic mass is 16.5. The van der Waals surface area contributed by atoms with Gasteiger partial charge in [-0.05, 0) is 31.0 Å². The molecule has 1 amide bonds. The van der Waals surface area contributed by atoms with E-state index in [1.54, 1.807) is 13.3 Å². The van der Waals surface area contributed by atoms with Gasteiger partial charge < -0.3 is 19.5 Å². The standard InChI is InChI=1S/C19H26N4O2/c1-22-10-8-20-18(22)16-3-5-17(6-4-16)19(24)21-13-15-7-9-23(14-15)11-12-25-2/h3-6,8,10,15H,7,9,11-14H2,1-2H3,(H,21,24)/t15-/m1/s1. The van der Waals surface area contributed by atoms with Crippen molar-refractivity contribution in [3.05, 3.63) is 42.2 Å². The fourth-order valence-electron chi connectivity index (χ4n) is 3.26. The first kappa shape index (κ1) is 17.6. The summed E-state index contributed by atoms with van der Waals surface area (Å²) >= 11 is 0. The van der Waals surface area contributed by atoms with Gasteiger partial charge in [0.2, 0.25) is 0 Å². The third kappa shape index (κ3) is 4.46. The molecule has 0 spiro atoms. The van der Waals surface area contributed by atoms with Crippen molar-refractivity contribution in [3.8, 4) is 11.4 Å². The summed E-state index contributed by atoms with van der Waals surface area (Å²) in [6, 6.07) is 7.61. The molecule has 0 radical (unpaired) electrons. The van der Waals surface area contributed by atoms with Crippen molar-refractivity contribution in [2.75, 3.05) is 39.9 Å². The topological polar surface area (TPSA) is 59.4 Å². The predicted octanol–water partition coefficient (Wildman–Crippen LogP) is 1.79. The zero-order valence-corrected chi connectivity index (χ0v) is 14.9. The van der Waals surface area contributed by atoms with E-state index >= 15 is 0 Å². The molecule has 2 aromatic rings. The molecule has 1 N–H and O–H groups in total. The van der Waals surface area contributed by atoms with Crippen LogP contribution in [0.2, 0.25) is 0 Å². The number of hydrogen-bond acceptors (Lipinski definition) is 4. The van der Waals surface area contributed by atoms with E-state index in [4.69, 9.17) is 4.74 Å². The summed E-state index contributed by atoms with van der Waals surface area (Å²) < 4.78 is 7.08. The summed E-state index contributed by atoms with van der Waals surface area (Å²) in [5.41, 5.74) is 1.70. The van der Waals surface area contributed by atoms with Gasteiger partial charge in [-0.3, -0.25) is 4.79 Å². The number of amides is 1. The van der Waals surface area contributed by atoms with E-state index in [9.17, 15) is 4.79 Å². The Labute approximate surface area is 148 Å². The smallest absolute Gasteiger partial charge is 0.251 e. The maximum atomic E-state index is 12.4. The van der Waals surface area contributed by atoms with E-state index in [0.717, 1.165) is 50.6 Å². The minimum Gasteiger partial charge on any atom is -0.383 e. The van der Waals surface area contributed by atoms with Crippen LogP contribution in [-0.2, 0) is 11.8 Å². The van der Waals surface area contributed by atoms with Crippen LogP contribution in [0.25, 0.3) is 11.4 Å². The number of likely N-dealkylation sites (tertiary alicyclic amines) is 1. The maximum Gasteiger partial charge on any atom is 0.251 e. The number of carbonyl (C=O) groups excluding carboxylic acids is 1. The molecule has 1 aromatic carbocycles. The number of rotatable bonds is 7. The van der Waals surface area contributed by atoms with Gasteiger partial charge in [0.15, 0.2) is 0 Å². The second-order valence-corrected chi connectivity index (χ2v) is 6.60. The molecule has 6 heteroatoms. The first-order valence-corrected chi connectivity index (χ1v) is 8.74. The number of methoxy groups -OCH3 is 1. The van der Waals surface area contributed by atoms with Gasteiger partial charge in [0, 0.05) is 57.3 Å². The van der Waals surface area contributed by atoms with Crippen LogP contribution in [0.4, 0.5) is 0 Å². The molecule has 1 fully saturated rings. The number of imidazole rings is 1. The number of nitrogens with one attached hydrogen (secondary N) is 1. The number of nitrogens with zero attached hydrogens (tertiary/aromatic N) is 3. The van der Waals surface area contributed by atoms with Gasteiger partial charge in [-0.25, -0.2) is 4.98 Å². The average molecular weight is 342 g/mol. The van der Waals surface area contributed by atoms with E-state index in [2.05, 4.69) is 15.2 Å². The Balaban J connectivity index is 1.50. The number of aryl methyl sites for hydroxylation is 1. The van der Waals surface area contributed by atoms with Crippen molar-refractivity contribution in [1.82, 2.24) is 19.8 Å². The Bertz CT molecular complexity index is 696. The Kier molecular flexibility index (Phi) is 5.83. The molecule has 0 bridgehead atoms. The molecule has 1 aliphatic heterocycles. The Hall–Kier alpha value is -2.18. The van der Waals surface area contributed by atoms with Gasteiger partial charge in [0.05, 0.1) is 6.61 Å². The zero-order valence-electron chi connectivity index (χ0n) is 14.9. The summed E-state index contributed by atoms with van der Waals surface area (Å²) in [4.78, 5) is 19.1. The van der Waals surface area contributed by atoms with Gasteiger partial charge in [0.1, 0.15) is 5.82 Å². The number of carbonyl (C=O) groups is 1. The SMILES string of the molecule is COCCN1CC[C@H](CNC(=O)c2ccc(-c3nccn3C)cc2)C1. The monoisotopic (exact) mass is 342 g/mol. The highest BCUT2D eigenvalue weighted by Gasteiger charge is 2.22. The molecule has 1 saturated heterocycles. The van der Waals surface area contributed by atoms with Crippen LogP contribution in [-0.4, -0.2) is 60.3 Å². The Morgan fingerprint density at radius 1 is 1.36 bits per heavy atom. The van der Waals surface area contributed by atoms with E-state index in [1.807, 2.05) is 42.1 Å². The lowest BCUT2D eigenvalue weighted by Crippen LogP contribution is -2.31. The van der Waals surface area contributed by atoms with Gasteiger partial charge >= 0.3 is 0 Å². The molecular weight excluding hydrogens is 316 g/mol. The molecule has 1 atom stereocenters. The highest BCUT2D eigenvalue weighted by molar-refractivity contribution is 5.94. The minimum atomic E-state index is -0.0123. The summed E-state index contributed by atoms with van der Waals surface area (Å²) in [6.07, 6.45) is 4.81. The first-order valence-electron chi connectivity index (χ1n) is 8.74. The molecule has 25 heavy (non-hydrogen) atoms. The molecule has 0 aliphatic carbocycles. The van der Waals surface area contributed by atoms with Gasteiger partial charge in [-0.2, -0.15) is 0 Å². The summed E-state index contributed by atoms with van der Waals surface area (Å²) in [5, 5.41) is 3.07. The Morgan fingerprint density at radius 3 is 2.84 bits per heavy atom. The van der Waals surface area contributed by atoms with Crippen molar-refractivity contribution in [1.29, 1.82) is 0 Å². The van der Waals surface area contributed by atoms with E-state index in [-0.39, 0.29) is 5.91 Å². The lowest BCUT2D eigenvalue weighted by molar-refractivity contribution is 0.0946. The second kappa shape index (κ2) is 8.27. The lowest BCUT2D eigenvalue weighted by atomic mass is 10.1. The second-order valence-electron chi connectivity index (χ2n) is 6.60. The molecular formula is C19H26N4O2. The number of benzene rings is 1. The molecule has 3 rings (SSSR count). The van der Waals surface area contributed by atoms with Crippen LogP contribution in [0.5, 0.6) is 0 Å². The van der Waals surface area contributed by atoms with Crippen molar-refractivity contribution in [2.24, 2.45) is 13.0 Å². The van der Waals surface area contributed by atoms with Crippen LogP contribution in [0.15, 0.2) is 36.7 Å². The van der Waals surface area contributed by atoms with Crippen molar-refractivity contribution in [2.45, 2.75) is 6.42 Å². The number of hydrogen-bond donors (Lipinski definition) is 1. The fraction of sp³-hybridized carbons (Fsp3) is 0.474. The van der Waals surface area contributed by atoms with Crippen LogP contribution in [0.1, 0.15) is 16.8 Å². The third-order valence-electron chi connectivity index (χ3n) is 4.76. The van der Waals surface area contributed by atoms with E-state index in [0.29, 0.717) is 11.5 Å². The predicted molar refractivity (Wildman–Crippen MR) is 97.4 cm³/mol. The largest absolute Gasteiger partial charge is 0.383 e. The molecule has 0 saturated carbocycles. The molecule has 0 unspecified atom stereocenters. The van der Waals surface area contributed by atoms with Crippen LogP contribution in [0, 0.1) is 5.92 Å². The van der Waals surface area contributed by atoms with Crippen LogP contribution >= 0.6 is 0 Å². The minimum absolute atomic E-state index is 0.0123. The van der Waals surface area contributed by atoms with Crippen molar-refractivity contribution in [3.63, 3.8) is 0 Å². The van der Waals surface area contributed by atoms with Gasteiger partial charge in [-0.1, -0.05) is 12.1 Å². The van der Waals surface area contributed by atoms with Crippen LogP contribution in [0.3, 0.4) is 0 Å². The first-order chi connectivity index (χ1) is 12.2. The van der Waals surface area contributed by atoms with Crippen molar-refractivity contribution >= 4 is 5.91 Å². The maximum absolute atomic E-state index is 12.4. The van der Waals surface area contributed by atoms with Crippen molar-refractivity contribution < 1.29 is 9.53 Å². The van der Waals surface area contributed by atoms with E-state index < -0.39 is 0 Å². The molecule has 134 valence electrons. The third-order valence-corrected chi connectivity index (χ3v) is 4.76. The van der Waals surface area contributed by atoms with Crippen LogP contribution < -0.4 is 5.32 Å². The summed E-state index contributed by atoms with van der Waals surface area (Å²) in [7, 11) is 3.69. The molecule has 1 aliphatic rings. The fourth-order valence-corrected chi connectivity index (χ4v) is 3.26. The molecule has 1 aromatic heterocycles. The normalized spacial score (nSPS) is 17.8. The quantitative estimate of drug-likeness (QED) is 0.833. The van der Waals surface area contributed by atoms with Gasteiger partial charge in [-0.15, -0.1) is 0 Å². The van der Waals surface area contributed by atoms with Gasteiger partial charge in [0.25, 0.3) is 5.91 Å². The molecule has 6 nitrogen and oxygen atoms in total. The zero-order chi connectivity index (χ0) is 17.6. The number of aromatic nitrogens is 2. The Morgan fingerprint density at radius 2 is 2.16 bits per heavy atom. The highest BCUT2D eigenvalue weighted by Crippen LogP contribution is 2.18.